The molecule has 0 aromatic heterocycles. The molecule has 12 heavy (non-hydrogen) atoms. The van der Waals surface area contributed by atoms with E-state index in [1.807, 2.05) is 0 Å². The van der Waals surface area contributed by atoms with E-state index in [4.69, 9.17) is 23.2 Å². The Morgan fingerprint density at radius 3 is 2.50 bits per heavy atom. The number of phenols is 1. The van der Waals surface area contributed by atoms with Crippen LogP contribution in [0.4, 0.5) is 0 Å². The second-order valence-electron chi connectivity index (χ2n) is 2.34. The summed E-state index contributed by atoms with van der Waals surface area (Å²) in [6.45, 7) is 1.34. The first-order chi connectivity index (χ1) is 5.52. The van der Waals surface area contributed by atoms with Crippen LogP contribution in [-0.2, 0) is 0 Å². The zero-order valence-corrected chi connectivity index (χ0v) is 7.78. The highest BCUT2D eigenvalue weighted by atomic mass is 35.5. The lowest BCUT2D eigenvalue weighted by Crippen LogP contribution is -1.92. The number of ketones is 1. The van der Waals surface area contributed by atoms with E-state index < -0.39 is 0 Å². The van der Waals surface area contributed by atoms with Crippen LogP contribution in [0.3, 0.4) is 0 Å². The molecule has 0 atom stereocenters. The van der Waals surface area contributed by atoms with Crippen LogP contribution in [0.1, 0.15) is 17.3 Å². The average Bonchev–Trinajstić information content (AvgIpc) is 1.96. The van der Waals surface area contributed by atoms with Gasteiger partial charge in [0.15, 0.2) is 5.78 Å². The highest BCUT2D eigenvalue weighted by molar-refractivity contribution is 6.36. The SMILES string of the molecule is CC(=O)c1cc(Cl)cc(Cl)c1O. The molecule has 1 N–H and O–H groups in total. The van der Waals surface area contributed by atoms with Crippen molar-refractivity contribution in [1.29, 1.82) is 0 Å². The van der Waals surface area contributed by atoms with E-state index in [0.717, 1.165) is 0 Å². The van der Waals surface area contributed by atoms with Crippen molar-refractivity contribution >= 4 is 29.0 Å². The second kappa shape index (κ2) is 3.33. The number of halogens is 2. The number of hydrogen-bond acceptors (Lipinski definition) is 2. The largest absolute Gasteiger partial charge is 0.506 e. The molecular formula is C8H6Cl2O2. The molecule has 0 heterocycles. The molecular weight excluding hydrogens is 199 g/mol. The molecule has 0 aliphatic heterocycles. The lowest BCUT2D eigenvalue weighted by Gasteiger charge is -2.02. The van der Waals surface area contributed by atoms with Crippen molar-refractivity contribution in [2.75, 3.05) is 0 Å². The Labute approximate surface area is 79.7 Å². The Balaban J connectivity index is 3.37. The predicted molar refractivity (Wildman–Crippen MR) is 48.1 cm³/mol. The number of benzene rings is 1. The van der Waals surface area contributed by atoms with E-state index in [0.29, 0.717) is 5.02 Å². The van der Waals surface area contributed by atoms with Crippen molar-refractivity contribution in [2.24, 2.45) is 0 Å². The van der Waals surface area contributed by atoms with E-state index in [1.165, 1.54) is 19.1 Å². The third kappa shape index (κ3) is 1.71. The zero-order chi connectivity index (χ0) is 9.30. The Morgan fingerprint density at radius 1 is 1.42 bits per heavy atom. The number of hydrogen-bond donors (Lipinski definition) is 1. The Bertz CT molecular complexity index is 334. The van der Waals surface area contributed by atoms with E-state index in [9.17, 15) is 9.90 Å². The number of carbonyl (C=O) groups excluding carboxylic acids is 1. The van der Waals surface area contributed by atoms with Crippen LogP contribution in [0, 0.1) is 0 Å². The summed E-state index contributed by atoms with van der Waals surface area (Å²) < 4.78 is 0. The van der Waals surface area contributed by atoms with Crippen LogP contribution in [0.15, 0.2) is 12.1 Å². The molecule has 4 heteroatoms. The van der Waals surface area contributed by atoms with Crippen molar-refractivity contribution in [3.63, 3.8) is 0 Å². The molecule has 1 aromatic rings. The summed E-state index contributed by atoms with van der Waals surface area (Å²) >= 11 is 11.2. The number of carbonyl (C=O) groups is 1. The van der Waals surface area contributed by atoms with Crippen LogP contribution in [0.2, 0.25) is 10.0 Å². The first-order valence-corrected chi connectivity index (χ1v) is 3.97. The first kappa shape index (κ1) is 9.36. The maximum Gasteiger partial charge on any atom is 0.163 e. The third-order valence-corrected chi connectivity index (χ3v) is 1.91. The summed E-state index contributed by atoms with van der Waals surface area (Å²) in [6, 6.07) is 2.76. The first-order valence-electron chi connectivity index (χ1n) is 3.21. The zero-order valence-electron chi connectivity index (χ0n) is 6.27. The summed E-state index contributed by atoms with van der Waals surface area (Å²) in [5, 5.41) is 9.71. The van der Waals surface area contributed by atoms with Crippen LogP contribution < -0.4 is 0 Å². The van der Waals surface area contributed by atoms with Gasteiger partial charge in [0.2, 0.25) is 0 Å². The van der Waals surface area contributed by atoms with Gasteiger partial charge in [-0.3, -0.25) is 4.79 Å². The molecule has 64 valence electrons. The van der Waals surface area contributed by atoms with E-state index in [-0.39, 0.29) is 22.1 Å². The smallest absolute Gasteiger partial charge is 0.163 e. The van der Waals surface area contributed by atoms with Crippen molar-refractivity contribution in [1.82, 2.24) is 0 Å². The molecule has 0 saturated carbocycles. The molecule has 2 nitrogen and oxygen atoms in total. The molecule has 0 radical (unpaired) electrons. The van der Waals surface area contributed by atoms with Gasteiger partial charge in [-0.1, -0.05) is 23.2 Å². The van der Waals surface area contributed by atoms with Gasteiger partial charge in [-0.05, 0) is 19.1 Å². The monoisotopic (exact) mass is 204 g/mol. The Hall–Kier alpha value is -0.730. The normalized spacial score (nSPS) is 9.92. The summed E-state index contributed by atoms with van der Waals surface area (Å²) in [4.78, 5) is 10.9. The van der Waals surface area contributed by atoms with Crippen LogP contribution >= 0.6 is 23.2 Å². The summed E-state index contributed by atoms with van der Waals surface area (Å²) in [5.74, 6) is -0.481. The quantitative estimate of drug-likeness (QED) is 0.715. The lowest BCUT2D eigenvalue weighted by molar-refractivity contribution is 0.101. The van der Waals surface area contributed by atoms with Crippen molar-refractivity contribution in [3.05, 3.63) is 27.7 Å². The maximum absolute atomic E-state index is 10.9. The molecule has 0 aliphatic rings. The Morgan fingerprint density at radius 2 is 2.00 bits per heavy atom. The number of phenolic OH excluding ortho intramolecular Hbond substituents is 1. The number of aromatic hydroxyl groups is 1. The fraction of sp³-hybridized carbons (Fsp3) is 0.125. The molecule has 1 aromatic carbocycles. The third-order valence-electron chi connectivity index (χ3n) is 1.41. The van der Waals surface area contributed by atoms with Crippen molar-refractivity contribution in [3.8, 4) is 5.75 Å². The molecule has 0 aliphatic carbocycles. The van der Waals surface area contributed by atoms with Crippen molar-refractivity contribution in [2.45, 2.75) is 6.92 Å². The number of Topliss-reactive ketones (excluding diaryl/α,β-unsaturated/α-hetero) is 1. The highest BCUT2D eigenvalue weighted by Crippen LogP contribution is 2.31. The minimum Gasteiger partial charge on any atom is -0.506 e. The highest BCUT2D eigenvalue weighted by Gasteiger charge is 2.10. The van der Waals surface area contributed by atoms with Crippen molar-refractivity contribution < 1.29 is 9.90 Å². The molecule has 0 amide bonds. The van der Waals surface area contributed by atoms with Gasteiger partial charge in [0.25, 0.3) is 0 Å². The standard InChI is InChI=1S/C8H6Cl2O2/c1-4(11)6-2-5(9)3-7(10)8(6)12/h2-3,12H,1H3. The van der Waals surface area contributed by atoms with Gasteiger partial charge in [0, 0.05) is 5.02 Å². The van der Waals surface area contributed by atoms with Crippen LogP contribution in [-0.4, -0.2) is 10.9 Å². The van der Waals surface area contributed by atoms with Crippen LogP contribution in [0.5, 0.6) is 5.75 Å². The minimum absolute atomic E-state index is 0.0905. The van der Waals surface area contributed by atoms with Gasteiger partial charge in [0.1, 0.15) is 5.75 Å². The predicted octanol–water partition coefficient (Wildman–Crippen LogP) is 2.90. The average molecular weight is 205 g/mol. The van der Waals surface area contributed by atoms with Gasteiger partial charge in [-0.15, -0.1) is 0 Å². The lowest BCUT2D eigenvalue weighted by atomic mass is 10.1. The fourth-order valence-electron chi connectivity index (χ4n) is 0.834. The Kier molecular flexibility index (Phi) is 2.60. The second-order valence-corrected chi connectivity index (χ2v) is 3.18. The minimum atomic E-state index is -0.267. The van der Waals surface area contributed by atoms with Gasteiger partial charge in [0.05, 0.1) is 10.6 Å². The topological polar surface area (TPSA) is 37.3 Å². The summed E-state index contributed by atoms with van der Waals surface area (Å²) in [6.07, 6.45) is 0. The molecule has 1 rings (SSSR count). The summed E-state index contributed by atoms with van der Waals surface area (Å²) in [7, 11) is 0. The van der Waals surface area contributed by atoms with Crippen LogP contribution in [0.25, 0.3) is 0 Å². The molecule has 0 fully saturated rings. The number of rotatable bonds is 1. The van der Waals surface area contributed by atoms with Gasteiger partial charge < -0.3 is 5.11 Å². The molecule has 0 spiro atoms. The molecule has 0 unspecified atom stereocenters. The van der Waals surface area contributed by atoms with E-state index >= 15 is 0 Å². The van der Waals surface area contributed by atoms with Gasteiger partial charge in [-0.25, -0.2) is 0 Å². The molecule has 0 bridgehead atoms. The fourth-order valence-corrected chi connectivity index (χ4v) is 1.33. The van der Waals surface area contributed by atoms with Gasteiger partial charge >= 0.3 is 0 Å². The summed E-state index contributed by atoms with van der Waals surface area (Å²) in [5.41, 5.74) is 0.146. The van der Waals surface area contributed by atoms with E-state index in [1.54, 1.807) is 0 Å². The van der Waals surface area contributed by atoms with E-state index in [2.05, 4.69) is 0 Å². The van der Waals surface area contributed by atoms with Gasteiger partial charge in [-0.2, -0.15) is 0 Å². The molecule has 0 saturated heterocycles. The maximum atomic E-state index is 10.9.